The molecule has 3 atom stereocenters. The second-order valence-electron chi connectivity index (χ2n) is 5.30. The fourth-order valence-electron chi connectivity index (χ4n) is 2.22. The van der Waals surface area contributed by atoms with E-state index in [0.29, 0.717) is 13.2 Å². The minimum absolute atomic E-state index is 0.0356. The molecule has 5 heteroatoms. The number of hydrogen-bond acceptors (Lipinski definition) is 3. The maximum atomic E-state index is 12.3. The number of carboxylic acids is 1. The Balaban J connectivity index is 1.90. The average Bonchev–Trinajstić information content (AvgIpc) is 3.18. The van der Waals surface area contributed by atoms with Crippen LogP contribution in [0.3, 0.4) is 0 Å². The van der Waals surface area contributed by atoms with E-state index in [9.17, 15) is 9.59 Å². The number of carboxylic acid groups (broad SMARTS) is 1. The molecule has 2 rings (SSSR count). The van der Waals surface area contributed by atoms with Crippen LogP contribution in [0, 0.1) is 11.8 Å². The first kappa shape index (κ1) is 13.3. The Hall–Kier alpha value is -1.10. The van der Waals surface area contributed by atoms with E-state index in [4.69, 9.17) is 9.84 Å². The van der Waals surface area contributed by atoms with E-state index in [-0.39, 0.29) is 24.0 Å². The van der Waals surface area contributed by atoms with Gasteiger partial charge in [0.2, 0.25) is 5.91 Å². The third kappa shape index (κ3) is 3.02. The zero-order valence-corrected chi connectivity index (χ0v) is 11.0. The number of ether oxygens (including phenoxy) is 1. The van der Waals surface area contributed by atoms with Crippen molar-refractivity contribution in [1.82, 2.24) is 4.90 Å². The Morgan fingerprint density at radius 2 is 2.11 bits per heavy atom. The molecule has 0 radical (unpaired) electrons. The first-order valence-corrected chi connectivity index (χ1v) is 6.69. The van der Waals surface area contributed by atoms with Crippen LogP contribution >= 0.6 is 0 Å². The molecule has 1 N–H and O–H groups in total. The molecular formula is C13H21NO4. The monoisotopic (exact) mass is 255 g/mol. The van der Waals surface area contributed by atoms with Crippen molar-refractivity contribution in [3.63, 3.8) is 0 Å². The van der Waals surface area contributed by atoms with Gasteiger partial charge in [-0.3, -0.25) is 9.59 Å². The Kier molecular flexibility index (Phi) is 3.90. The van der Waals surface area contributed by atoms with Gasteiger partial charge in [0.05, 0.1) is 17.9 Å². The van der Waals surface area contributed by atoms with Crippen molar-refractivity contribution >= 4 is 11.9 Å². The molecule has 0 unspecified atom stereocenters. The Morgan fingerprint density at radius 3 is 2.61 bits per heavy atom. The minimum atomic E-state index is -0.842. The maximum Gasteiger partial charge on any atom is 0.308 e. The molecule has 2 aliphatic rings. The number of aliphatic carboxylic acids is 1. The molecule has 0 aromatic heterocycles. The van der Waals surface area contributed by atoms with E-state index in [1.54, 1.807) is 11.8 Å². The van der Waals surface area contributed by atoms with Gasteiger partial charge in [-0.2, -0.15) is 0 Å². The first-order valence-electron chi connectivity index (χ1n) is 6.69. The molecule has 0 aliphatic heterocycles. The van der Waals surface area contributed by atoms with E-state index < -0.39 is 11.9 Å². The lowest BCUT2D eigenvalue weighted by Gasteiger charge is -2.24. The number of carbonyl (C=O) groups is 2. The summed E-state index contributed by atoms with van der Waals surface area (Å²) in [4.78, 5) is 24.9. The van der Waals surface area contributed by atoms with Gasteiger partial charge in [-0.1, -0.05) is 6.92 Å². The quantitative estimate of drug-likeness (QED) is 0.740. The summed E-state index contributed by atoms with van der Waals surface area (Å²) in [6.07, 6.45) is 2.86. The van der Waals surface area contributed by atoms with Crippen molar-refractivity contribution in [2.45, 2.75) is 45.3 Å². The summed E-state index contributed by atoms with van der Waals surface area (Å²) in [5, 5.41) is 8.94. The molecule has 1 amide bonds. The van der Waals surface area contributed by atoms with Crippen LogP contribution in [-0.2, 0) is 14.3 Å². The zero-order chi connectivity index (χ0) is 13.3. The van der Waals surface area contributed by atoms with Crippen LogP contribution in [0.25, 0.3) is 0 Å². The fraction of sp³-hybridized carbons (Fsp3) is 0.846. The number of nitrogens with zero attached hydrogens (tertiary/aromatic N) is 1. The van der Waals surface area contributed by atoms with E-state index >= 15 is 0 Å². The average molecular weight is 255 g/mol. The molecule has 2 saturated carbocycles. The molecule has 2 aliphatic carbocycles. The summed E-state index contributed by atoms with van der Waals surface area (Å²) in [5.41, 5.74) is 0. The molecule has 0 heterocycles. The van der Waals surface area contributed by atoms with Crippen molar-refractivity contribution < 1.29 is 19.4 Å². The standard InChI is InChI=1S/C13H21NO4/c1-3-18-11-6-10(11)12(15)14(9-4-5-9)7-8(2)13(16)17/h8-11H,3-7H2,1-2H3,(H,16,17)/t8-,10-,11-/m1/s1. The maximum absolute atomic E-state index is 12.3. The van der Waals surface area contributed by atoms with E-state index in [0.717, 1.165) is 19.3 Å². The highest BCUT2D eigenvalue weighted by Crippen LogP contribution is 2.38. The van der Waals surface area contributed by atoms with Crippen LogP contribution in [0.1, 0.15) is 33.1 Å². The molecule has 0 aromatic carbocycles. The SMILES string of the molecule is CCO[C@@H]1C[C@H]1C(=O)N(C[C@@H](C)C(=O)O)C1CC1. The van der Waals surface area contributed by atoms with Crippen LogP contribution in [0.2, 0.25) is 0 Å². The number of carbonyl (C=O) groups excluding carboxylic acids is 1. The summed E-state index contributed by atoms with van der Waals surface area (Å²) >= 11 is 0. The number of hydrogen-bond donors (Lipinski definition) is 1. The topological polar surface area (TPSA) is 66.8 Å². The third-order valence-electron chi connectivity index (χ3n) is 3.59. The van der Waals surface area contributed by atoms with Crippen molar-refractivity contribution in [2.75, 3.05) is 13.2 Å². The lowest BCUT2D eigenvalue weighted by Crippen LogP contribution is -2.40. The third-order valence-corrected chi connectivity index (χ3v) is 3.59. The van der Waals surface area contributed by atoms with Crippen molar-refractivity contribution in [3.8, 4) is 0 Å². The highest BCUT2D eigenvalue weighted by Gasteiger charge is 2.48. The molecule has 0 saturated heterocycles. The second-order valence-corrected chi connectivity index (χ2v) is 5.30. The first-order chi connectivity index (χ1) is 8.54. The van der Waals surface area contributed by atoms with Crippen LogP contribution in [0.4, 0.5) is 0 Å². The molecule has 0 spiro atoms. The summed E-state index contributed by atoms with van der Waals surface area (Å²) in [6.45, 7) is 4.53. The van der Waals surface area contributed by atoms with E-state index in [1.165, 1.54) is 0 Å². The Labute approximate surface area is 107 Å². The summed E-state index contributed by atoms with van der Waals surface area (Å²) in [6, 6.07) is 0.266. The molecule has 102 valence electrons. The van der Waals surface area contributed by atoms with Crippen molar-refractivity contribution in [3.05, 3.63) is 0 Å². The van der Waals surface area contributed by atoms with Gasteiger partial charge in [0, 0.05) is 19.2 Å². The molecule has 0 aromatic rings. The lowest BCUT2D eigenvalue weighted by atomic mass is 10.1. The summed E-state index contributed by atoms with van der Waals surface area (Å²) in [7, 11) is 0. The number of amides is 1. The smallest absolute Gasteiger partial charge is 0.308 e. The lowest BCUT2D eigenvalue weighted by molar-refractivity contribution is -0.143. The predicted octanol–water partition coefficient (Wildman–Crippen LogP) is 1.12. The van der Waals surface area contributed by atoms with Gasteiger partial charge >= 0.3 is 5.97 Å². The Morgan fingerprint density at radius 1 is 1.44 bits per heavy atom. The van der Waals surface area contributed by atoms with Crippen LogP contribution in [0.5, 0.6) is 0 Å². The van der Waals surface area contributed by atoms with Crippen LogP contribution < -0.4 is 0 Å². The second kappa shape index (κ2) is 5.26. The molecular weight excluding hydrogens is 234 g/mol. The van der Waals surface area contributed by atoms with Crippen molar-refractivity contribution in [2.24, 2.45) is 11.8 Å². The molecule has 0 bridgehead atoms. The van der Waals surface area contributed by atoms with E-state index in [1.807, 2.05) is 6.92 Å². The highest BCUT2D eigenvalue weighted by molar-refractivity contribution is 5.83. The van der Waals surface area contributed by atoms with Crippen LogP contribution in [-0.4, -0.2) is 47.2 Å². The van der Waals surface area contributed by atoms with Gasteiger partial charge in [0.1, 0.15) is 0 Å². The van der Waals surface area contributed by atoms with Gasteiger partial charge < -0.3 is 14.7 Å². The zero-order valence-electron chi connectivity index (χ0n) is 11.0. The Bertz CT molecular complexity index is 340. The summed E-state index contributed by atoms with van der Waals surface area (Å²) in [5.74, 6) is -1.29. The molecule has 2 fully saturated rings. The normalized spacial score (nSPS) is 27.7. The fourth-order valence-corrected chi connectivity index (χ4v) is 2.22. The largest absolute Gasteiger partial charge is 0.481 e. The molecule has 5 nitrogen and oxygen atoms in total. The molecule has 18 heavy (non-hydrogen) atoms. The van der Waals surface area contributed by atoms with Gasteiger partial charge in [0.25, 0.3) is 0 Å². The minimum Gasteiger partial charge on any atom is -0.481 e. The highest BCUT2D eigenvalue weighted by atomic mass is 16.5. The van der Waals surface area contributed by atoms with Gasteiger partial charge in [-0.25, -0.2) is 0 Å². The van der Waals surface area contributed by atoms with Gasteiger partial charge in [0.15, 0.2) is 0 Å². The van der Waals surface area contributed by atoms with Crippen molar-refractivity contribution in [1.29, 1.82) is 0 Å². The van der Waals surface area contributed by atoms with Crippen LogP contribution in [0.15, 0.2) is 0 Å². The summed E-state index contributed by atoms with van der Waals surface area (Å²) < 4.78 is 5.43. The van der Waals surface area contributed by atoms with Gasteiger partial charge in [-0.05, 0) is 26.2 Å². The van der Waals surface area contributed by atoms with Gasteiger partial charge in [-0.15, -0.1) is 0 Å². The van der Waals surface area contributed by atoms with E-state index in [2.05, 4.69) is 0 Å². The number of rotatable bonds is 7. The predicted molar refractivity (Wildman–Crippen MR) is 65.1 cm³/mol.